The molecule has 2 rings (SSSR count). The van der Waals surface area contributed by atoms with Gasteiger partial charge in [0.05, 0.1) is 36.3 Å². The summed E-state index contributed by atoms with van der Waals surface area (Å²) in [6, 6.07) is 13.4. The van der Waals surface area contributed by atoms with Crippen molar-refractivity contribution in [1.29, 1.82) is 0 Å². The maximum Gasteiger partial charge on any atom is 0.138 e. The van der Waals surface area contributed by atoms with Gasteiger partial charge >= 0.3 is 0 Å². The molecule has 0 aromatic heterocycles. The average Bonchev–Trinajstić information content (AvgIpc) is 2.66. The maximum atomic E-state index is 8.79. The van der Waals surface area contributed by atoms with E-state index in [0.717, 1.165) is 0 Å². The fourth-order valence-electron chi connectivity index (χ4n) is 1.66. The van der Waals surface area contributed by atoms with E-state index in [1.807, 2.05) is 20.8 Å². The molecule has 0 amide bonds. The molecule has 0 bridgehead atoms. The second-order valence-electron chi connectivity index (χ2n) is 6.66. The van der Waals surface area contributed by atoms with Crippen LogP contribution in [-0.2, 0) is 14.2 Å². The predicted octanol–water partition coefficient (Wildman–Crippen LogP) is 3.41. The molecule has 6 N–H and O–H groups in total. The Hall–Kier alpha value is -2.48. The number of nitrogen functional groups attached to an aromatic ring is 2. The van der Waals surface area contributed by atoms with Crippen molar-refractivity contribution in [3.8, 4) is 11.5 Å². The van der Waals surface area contributed by atoms with Crippen molar-refractivity contribution in [3.05, 3.63) is 48.5 Å². The maximum absolute atomic E-state index is 8.79. The molecule has 0 saturated heterocycles. The lowest BCUT2D eigenvalue weighted by atomic mass is 10.1. The Morgan fingerprint density at radius 3 is 1.61 bits per heavy atom. The molecule has 2 aromatic carbocycles. The van der Waals surface area contributed by atoms with Gasteiger partial charge < -0.3 is 35.9 Å². The van der Waals surface area contributed by atoms with Gasteiger partial charge in [-0.1, -0.05) is 24.3 Å². The topological polar surface area (TPSA) is 120 Å². The van der Waals surface area contributed by atoms with Gasteiger partial charge in [-0.3, -0.25) is 0 Å². The first-order valence-corrected chi connectivity index (χ1v) is 8.85. The summed E-state index contributed by atoms with van der Waals surface area (Å²) in [6.07, 6.45) is 0.129. The van der Waals surface area contributed by atoms with E-state index in [-0.39, 0.29) is 23.2 Å². The van der Waals surface area contributed by atoms with E-state index in [2.05, 4.69) is 0 Å². The zero-order valence-corrected chi connectivity index (χ0v) is 17.4. The molecule has 0 aliphatic heterocycles. The first-order valence-electron chi connectivity index (χ1n) is 8.85. The van der Waals surface area contributed by atoms with Gasteiger partial charge in [0.25, 0.3) is 0 Å². The lowest BCUT2D eigenvalue weighted by Crippen LogP contribution is -2.32. The van der Waals surface area contributed by atoms with Crippen LogP contribution in [0.4, 0.5) is 11.4 Å². The van der Waals surface area contributed by atoms with Gasteiger partial charge in [-0.15, -0.1) is 0 Å². The van der Waals surface area contributed by atoms with Crippen molar-refractivity contribution in [2.45, 2.75) is 32.5 Å². The Bertz CT molecular complexity index is 579. The Balaban J connectivity index is 0.000000402. The second-order valence-corrected chi connectivity index (χ2v) is 6.66. The number of ether oxygens (including phenoxy) is 3. The average molecular weight is 395 g/mol. The Labute approximate surface area is 167 Å². The summed E-state index contributed by atoms with van der Waals surface area (Å²) in [5.74, 6) is 0.292. The summed E-state index contributed by atoms with van der Waals surface area (Å²) in [7, 11) is 3.35. The molecule has 0 spiro atoms. The van der Waals surface area contributed by atoms with Gasteiger partial charge in [0.1, 0.15) is 11.5 Å². The summed E-state index contributed by atoms with van der Waals surface area (Å²) in [4.78, 5) is 0. The summed E-state index contributed by atoms with van der Waals surface area (Å²) < 4.78 is 15.6. The summed E-state index contributed by atoms with van der Waals surface area (Å²) in [6.45, 7) is 7.18. The second kappa shape index (κ2) is 13.7. The number of aromatic hydroxyl groups is 2. The Morgan fingerprint density at radius 2 is 1.32 bits per heavy atom. The van der Waals surface area contributed by atoms with Crippen LogP contribution in [-0.4, -0.2) is 49.4 Å². The number of phenolic OH excluding ortho intramolecular Hbond substituents is 2. The SMILES string of the molecule is COCC(C)OCC(C)(C)OC.Nc1ccccc1O.Nc1ccccc1O. The third-order valence-electron chi connectivity index (χ3n) is 3.54. The Kier molecular flexibility index (Phi) is 12.4. The highest BCUT2D eigenvalue weighted by atomic mass is 16.6. The van der Waals surface area contributed by atoms with E-state index in [4.69, 9.17) is 35.9 Å². The molecule has 158 valence electrons. The van der Waals surface area contributed by atoms with E-state index in [9.17, 15) is 0 Å². The number of anilines is 2. The van der Waals surface area contributed by atoms with Crippen LogP contribution in [0.15, 0.2) is 48.5 Å². The Morgan fingerprint density at radius 1 is 0.893 bits per heavy atom. The van der Waals surface area contributed by atoms with E-state index < -0.39 is 0 Å². The zero-order valence-electron chi connectivity index (χ0n) is 17.4. The molecule has 0 aliphatic rings. The molecular formula is C21H34N2O5. The molecule has 1 atom stereocenters. The van der Waals surface area contributed by atoms with Crippen molar-refractivity contribution in [2.24, 2.45) is 0 Å². The highest BCUT2D eigenvalue weighted by molar-refractivity contribution is 5.51. The van der Waals surface area contributed by atoms with Gasteiger partial charge in [0.15, 0.2) is 0 Å². The molecule has 0 heterocycles. The molecule has 1 unspecified atom stereocenters. The molecular weight excluding hydrogens is 360 g/mol. The van der Waals surface area contributed by atoms with E-state index in [1.54, 1.807) is 62.8 Å². The van der Waals surface area contributed by atoms with Gasteiger partial charge in [0.2, 0.25) is 0 Å². The summed E-state index contributed by atoms with van der Waals surface area (Å²) in [5.41, 5.74) is 11.2. The normalized spacial score (nSPS) is 11.5. The summed E-state index contributed by atoms with van der Waals surface area (Å²) >= 11 is 0. The minimum absolute atomic E-state index is 0.129. The van der Waals surface area contributed by atoms with Gasteiger partial charge in [-0.2, -0.15) is 0 Å². The van der Waals surface area contributed by atoms with E-state index in [0.29, 0.717) is 24.6 Å². The van der Waals surface area contributed by atoms with Crippen molar-refractivity contribution in [2.75, 3.05) is 38.9 Å². The van der Waals surface area contributed by atoms with Crippen LogP contribution in [0.5, 0.6) is 11.5 Å². The lowest BCUT2D eigenvalue weighted by Gasteiger charge is -2.24. The molecule has 28 heavy (non-hydrogen) atoms. The number of rotatable bonds is 6. The van der Waals surface area contributed by atoms with E-state index in [1.165, 1.54) is 0 Å². The zero-order chi connectivity index (χ0) is 21.6. The quantitative estimate of drug-likeness (QED) is 0.438. The number of nitrogens with two attached hydrogens (primary N) is 2. The third-order valence-corrected chi connectivity index (χ3v) is 3.54. The number of benzene rings is 2. The van der Waals surface area contributed by atoms with Crippen LogP contribution >= 0.6 is 0 Å². The smallest absolute Gasteiger partial charge is 0.138 e. The first kappa shape index (κ1) is 25.5. The molecule has 7 heteroatoms. The van der Waals surface area contributed by atoms with Crippen LogP contribution in [0, 0.1) is 0 Å². The lowest BCUT2D eigenvalue weighted by molar-refractivity contribution is -0.0841. The molecule has 0 saturated carbocycles. The van der Waals surface area contributed by atoms with E-state index >= 15 is 0 Å². The number of phenols is 2. The molecule has 0 aliphatic carbocycles. The van der Waals surface area contributed by atoms with Crippen molar-refractivity contribution < 1.29 is 24.4 Å². The van der Waals surface area contributed by atoms with Crippen LogP contribution < -0.4 is 11.5 Å². The fourth-order valence-corrected chi connectivity index (χ4v) is 1.66. The van der Waals surface area contributed by atoms with Gasteiger partial charge in [-0.05, 0) is 45.0 Å². The molecule has 2 aromatic rings. The van der Waals surface area contributed by atoms with Crippen molar-refractivity contribution in [3.63, 3.8) is 0 Å². The fraction of sp³-hybridized carbons (Fsp3) is 0.429. The van der Waals surface area contributed by atoms with Crippen molar-refractivity contribution >= 4 is 11.4 Å². The number of hydrogen-bond acceptors (Lipinski definition) is 7. The van der Waals surface area contributed by atoms with Crippen molar-refractivity contribution in [1.82, 2.24) is 0 Å². The monoisotopic (exact) mass is 394 g/mol. The number of methoxy groups -OCH3 is 2. The molecule has 0 radical (unpaired) electrons. The first-order chi connectivity index (χ1) is 13.1. The highest BCUT2D eigenvalue weighted by Crippen LogP contribution is 2.16. The largest absolute Gasteiger partial charge is 0.506 e. The summed E-state index contributed by atoms with van der Waals surface area (Å²) in [5, 5.41) is 17.6. The minimum Gasteiger partial charge on any atom is -0.506 e. The minimum atomic E-state index is -0.206. The van der Waals surface area contributed by atoms with Crippen LogP contribution in [0.25, 0.3) is 0 Å². The predicted molar refractivity (Wildman–Crippen MR) is 113 cm³/mol. The molecule has 7 nitrogen and oxygen atoms in total. The highest BCUT2D eigenvalue weighted by Gasteiger charge is 2.17. The van der Waals surface area contributed by atoms with Crippen LogP contribution in [0.1, 0.15) is 20.8 Å². The standard InChI is InChI=1S/C9H20O3.2C6H7NO/c1-8(6-10-4)12-7-9(2,3)11-5;2*7-5-3-1-2-4-6(5)8/h8H,6-7H2,1-5H3;2*1-4,8H,7H2. The van der Waals surface area contributed by atoms with Crippen LogP contribution in [0.2, 0.25) is 0 Å². The third kappa shape index (κ3) is 12.0. The van der Waals surface area contributed by atoms with Gasteiger partial charge in [0, 0.05) is 14.2 Å². The number of para-hydroxylation sites is 4. The van der Waals surface area contributed by atoms with Crippen LogP contribution in [0.3, 0.4) is 0 Å². The number of hydrogen-bond donors (Lipinski definition) is 4. The van der Waals surface area contributed by atoms with Gasteiger partial charge in [-0.25, -0.2) is 0 Å². The molecule has 0 fully saturated rings.